The summed E-state index contributed by atoms with van der Waals surface area (Å²) in [7, 11) is 0. The Hall–Kier alpha value is -1.54. The second kappa shape index (κ2) is 5.84. The van der Waals surface area contributed by atoms with Gasteiger partial charge in [-0.1, -0.05) is 23.7 Å². The fourth-order valence-corrected chi connectivity index (χ4v) is 3.07. The summed E-state index contributed by atoms with van der Waals surface area (Å²) in [4.78, 5) is 4.57. The summed E-state index contributed by atoms with van der Waals surface area (Å²) in [6, 6.07) is 8.24. The predicted molar refractivity (Wildman–Crippen MR) is 86.7 cm³/mol. The molecule has 106 valence electrons. The average molecular weight is 289 g/mol. The summed E-state index contributed by atoms with van der Waals surface area (Å²) in [5.74, 6) is 0. The van der Waals surface area contributed by atoms with E-state index in [0.29, 0.717) is 0 Å². The summed E-state index contributed by atoms with van der Waals surface area (Å²) >= 11 is 6.29. The number of hydrogen-bond acceptors (Lipinski definition) is 2. The zero-order chi connectivity index (χ0) is 14.9. The van der Waals surface area contributed by atoms with Crippen molar-refractivity contribution in [2.75, 3.05) is 5.32 Å². The van der Waals surface area contributed by atoms with E-state index in [9.17, 15) is 0 Å². The van der Waals surface area contributed by atoms with Crippen molar-refractivity contribution >= 4 is 17.3 Å². The number of aryl methyl sites for hydroxylation is 4. The molecule has 1 atom stereocenters. The number of para-hydroxylation sites is 1. The first kappa shape index (κ1) is 14.9. The van der Waals surface area contributed by atoms with Crippen molar-refractivity contribution < 1.29 is 0 Å². The Morgan fingerprint density at radius 1 is 1.10 bits per heavy atom. The van der Waals surface area contributed by atoms with E-state index in [1.807, 2.05) is 19.1 Å². The Balaban J connectivity index is 2.36. The molecule has 0 amide bonds. The van der Waals surface area contributed by atoms with Crippen LogP contribution in [0.4, 0.5) is 5.69 Å². The first-order valence-corrected chi connectivity index (χ1v) is 7.24. The van der Waals surface area contributed by atoms with E-state index in [1.165, 1.54) is 11.1 Å². The van der Waals surface area contributed by atoms with Gasteiger partial charge in [0.15, 0.2) is 0 Å². The van der Waals surface area contributed by atoms with E-state index in [1.54, 1.807) is 0 Å². The largest absolute Gasteiger partial charge is 0.377 e. The standard InChI is InChI=1S/C17H21ClN2/c1-10-7-6-8-15(18)17(10)20-14(5)16-11(2)9-12(3)19-13(16)4/h6-9,14,20H,1-5H3. The lowest BCUT2D eigenvalue weighted by molar-refractivity contribution is 0.841. The first-order chi connectivity index (χ1) is 9.40. The van der Waals surface area contributed by atoms with Gasteiger partial charge in [-0.05, 0) is 63.4 Å². The molecule has 1 aromatic heterocycles. The molecule has 1 aromatic carbocycles. The number of pyridine rings is 1. The smallest absolute Gasteiger partial charge is 0.0640 e. The molecule has 1 N–H and O–H groups in total. The van der Waals surface area contributed by atoms with Crippen molar-refractivity contribution in [2.24, 2.45) is 0 Å². The Morgan fingerprint density at radius 2 is 1.80 bits per heavy atom. The van der Waals surface area contributed by atoms with Crippen LogP contribution in [0.2, 0.25) is 5.02 Å². The van der Waals surface area contributed by atoms with E-state index in [2.05, 4.69) is 50.1 Å². The molecule has 2 aromatic rings. The van der Waals surface area contributed by atoms with Crippen LogP contribution in [0.1, 0.15) is 41.0 Å². The molecular weight excluding hydrogens is 268 g/mol. The maximum absolute atomic E-state index is 6.29. The number of hydrogen-bond donors (Lipinski definition) is 1. The molecule has 20 heavy (non-hydrogen) atoms. The summed E-state index contributed by atoms with van der Waals surface area (Å²) in [5, 5.41) is 4.28. The van der Waals surface area contributed by atoms with Crippen molar-refractivity contribution in [1.29, 1.82) is 0 Å². The van der Waals surface area contributed by atoms with Crippen LogP contribution in [0.3, 0.4) is 0 Å². The number of rotatable bonds is 3. The fourth-order valence-electron chi connectivity index (χ4n) is 2.79. The third kappa shape index (κ3) is 2.96. The number of nitrogens with one attached hydrogen (secondary N) is 1. The molecule has 0 aliphatic rings. The molecule has 0 saturated carbocycles. The minimum atomic E-state index is 0.168. The Kier molecular flexibility index (Phi) is 4.34. The van der Waals surface area contributed by atoms with Crippen LogP contribution in [-0.2, 0) is 0 Å². The van der Waals surface area contributed by atoms with Gasteiger partial charge in [-0.3, -0.25) is 4.98 Å². The van der Waals surface area contributed by atoms with Crippen molar-refractivity contribution in [3.63, 3.8) is 0 Å². The van der Waals surface area contributed by atoms with Crippen LogP contribution in [0.5, 0.6) is 0 Å². The fraction of sp³-hybridized carbons (Fsp3) is 0.353. The zero-order valence-corrected chi connectivity index (χ0v) is 13.5. The van der Waals surface area contributed by atoms with Crippen LogP contribution in [0.15, 0.2) is 24.3 Å². The average Bonchev–Trinajstić information content (AvgIpc) is 2.32. The monoisotopic (exact) mass is 288 g/mol. The highest BCUT2D eigenvalue weighted by Gasteiger charge is 2.15. The number of benzene rings is 1. The number of aromatic nitrogens is 1. The SMILES string of the molecule is Cc1cc(C)c(C(C)Nc2c(C)cccc2Cl)c(C)n1. The van der Waals surface area contributed by atoms with Gasteiger partial charge in [-0.2, -0.15) is 0 Å². The highest BCUT2D eigenvalue weighted by molar-refractivity contribution is 6.33. The van der Waals surface area contributed by atoms with Gasteiger partial charge in [0.05, 0.1) is 16.8 Å². The van der Waals surface area contributed by atoms with Crippen LogP contribution >= 0.6 is 11.6 Å². The first-order valence-electron chi connectivity index (χ1n) is 6.86. The van der Waals surface area contributed by atoms with Gasteiger partial charge >= 0.3 is 0 Å². The Morgan fingerprint density at radius 3 is 2.40 bits per heavy atom. The van der Waals surface area contributed by atoms with Crippen LogP contribution in [0.25, 0.3) is 0 Å². The highest BCUT2D eigenvalue weighted by Crippen LogP contribution is 2.31. The molecule has 0 aliphatic heterocycles. The summed E-state index contributed by atoms with van der Waals surface area (Å²) < 4.78 is 0. The highest BCUT2D eigenvalue weighted by atomic mass is 35.5. The van der Waals surface area contributed by atoms with E-state index >= 15 is 0 Å². The van der Waals surface area contributed by atoms with Gasteiger partial charge < -0.3 is 5.32 Å². The predicted octanol–water partition coefficient (Wildman–Crippen LogP) is 5.14. The summed E-state index contributed by atoms with van der Waals surface area (Å²) in [5.41, 5.74) is 6.80. The zero-order valence-electron chi connectivity index (χ0n) is 12.7. The normalized spacial score (nSPS) is 12.3. The molecule has 3 heteroatoms. The minimum Gasteiger partial charge on any atom is -0.377 e. The molecule has 0 bridgehead atoms. The van der Waals surface area contributed by atoms with Crippen molar-refractivity contribution in [2.45, 2.75) is 40.7 Å². The van der Waals surface area contributed by atoms with Crippen LogP contribution in [-0.4, -0.2) is 4.98 Å². The molecule has 0 saturated heterocycles. The summed E-state index contributed by atoms with van der Waals surface area (Å²) in [6.07, 6.45) is 0. The topological polar surface area (TPSA) is 24.9 Å². The second-order valence-electron chi connectivity index (χ2n) is 5.38. The molecule has 2 rings (SSSR count). The van der Waals surface area contributed by atoms with Gasteiger partial charge in [0.2, 0.25) is 0 Å². The van der Waals surface area contributed by atoms with E-state index < -0.39 is 0 Å². The lowest BCUT2D eigenvalue weighted by Crippen LogP contribution is -2.12. The molecular formula is C17H21ClN2. The van der Waals surface area contributed by atoms with Gasteiger partial charge in [0.1, 0.15) is 0 Å². The maximum atomic E-state index is 6.29. The van der Waals surface area contributed by atoms with E-state index in [0.717, 1.165) is 27.7 Å². The number of halogens is 1. The van der Waals surface area contributed by atoms with Crippen molar-refractivity contribution in [3.05, 3.63) is 57.4 Å². The lowest BCUT2D eigenvalue weighted by atomic mass is 10.00. The lowest BCUT2D eigenvalue weighted by Gasteiger charge is -2.22. The molecule has 0 aliphatic carbocycles. The van der Waals surface area contributed by atoms with Gasteiger partial charge in [-0.25, -0.2) is 0 Å². The van der Waals surface area contributed by atoms with Gasteiger partial charge in [0, 0.05) is 11.4 Å². The van der Waals surface area contributed by atoms with Crippen molar-refractivity contribution in [3.8, 4) is 0 Å². The Labute approximate surface area is 126 Å². The molecule has 0 radical (unpaired) electrons. The van der Waals surface area contributed by atoms with Gasteiger partial charge in [-0.15, -0.1) is 0 Å². The van der Waals surface area contributed by atoms with Crippen LogP contribution in [0, 0.1) is 27.7 Å². The van der Waals surface area contributed by atoms with E-state index in [-0.39, 0.29) is 6.04 Å². The molecule has 1 heterocycles. The van der Waals surface area contributed by atoms with Gasteiger partial charge in [0.25, 0.3) is 0 Å². The van der Waals surface area contributed by atoms with E-state index in [4.69, 9.17) is 11.6 Å². The third-order valence-corrected chi connectivity index (χ3v) is 3.91. The Bertz CT molecular complexity index is 592. The second-order valence-corrected chi connectivity index (χ2v) is 5.78. The maximum Gasteiger partial charge on any atom is 0.0640 e. The minimum absolute atomic E-state index is 0.168. The quantitative estimate of drug-likeness (QED) is 0.845. The molecule has 2 nitrogen and oxygen atoms in total. The molecule has 0 spiro atoms. The number of anilines is 1. The summed E-state index contributed by atoms with van der Waals surface area (Å²) in [6.45, 7) is 10.4. The number of nitrogens with zero attached hydrogens (tertiary/aromatic N) is 1. The third-order valence-electron chi connectivity index (χ3n) is 3.60. The molecule has 0 fully saturated rings. The molecule has 1 unspecified atom stereocenters. The van der Waals surface area contributed by atoms with Crippen LogP contribution < -0.4 is 5.32 Å². The van der Waals surface area contributed by atoms with Crippen molar-refractivity contribution in [1.82, 2.24) is 4.98 Å².